The second-order valence-electron chi connectivity index (χ2n) is 5.48. The van der Waals surface area contributed by atoms with Gasteiger partial charge in [0, 0.05) is 12.1 Å². The number of hydrogen-bond donors (Lipinski definition) is 0. The SMILES string of the molecule is CCc1cccc2sc(=NC(=O)c3ccccc3C)n(CC)c12. The third-order valence-corrected chi connectivity index (χ3v) is 5.10. The Morgan fingerprint density at radius 2 is 1.91 bits per heavy atom. The first-order chi connectivity index (χ1) is 11.2. The number of aryl methyl sites for hydroxylation is 3. The number of amides is 1. The van der Waals surface area contributed by atoms with E-state index in [1.807, 2.05) is 31.2 Å². The van der Waals surface area contributed by atoms with Crippen LogP contribution in [0.15, 0.2) is 47.5 Å². The number of para-hydroxylation sites is 1. The number of carbonyl (C=O) groups is 1. The molecule has 23 heavy (non-hydrogen) atoms. The summed E-state index contributed by atoms with van der Waals surface area (Å²) in [6.07, 6.45) is 0.971. The number of benzene rings is 2. The molecule has 3 aromatic rings. The first-order valence-electron chi connectivity index (χ1n) is 7.91. The first kappa shape index (κ1) is 15.7. The Kier molecular flexibility index (Phi) is 4.44. The van der Waals surface area contributed by atoms with Crippen molar-refractivity contribution in [1.82, 2.24) is 4.57 Å². The Hall–Kier alpha value is -2.20. The van der Waals surface area contributed by atoms with Crippen LogP contribution in [-0.4, -0.2) is 10.5 Å². The van der Waals surface area contributed by atoms with Crippen molar-refractivity contribution in [3.05, 3.63) is 64.0 Å². The molecule has 118 valence electrons. The molecule has 0 spiro atoms. The Labute approximate surface area is 139 Å². The van der Waals surface area contributed by atoms with Crippen LogP contribution in [0, 0.1) is 6.92 Å². The molecule has 0 saturated heterocycles. The summed E-state index contributed by atoms with van der Waals surface area (Å²) in [5.74, 6) is -0.171. The van der Waals surface area contributed by atoms with Gasteiger partial charge in [0.05, 0.1) is 10.2 Å². The summed E-state index contributed by atoms with van der Waals surface area (Å²) in [5.41, 5.74) is 4.13. The van der Waals surface area contributed by atoms with Gasteiger partial charge in [0.15, 0.2) is 4.80 Å². The van der Waals surface area contributed by atoms with Crippen LogP contribution in [0.3, 0.4) is 0 Å². The highest BCUT2D eigenvalue weighted by atomic mass is 32.1. The van der Waals surface area contributed by atoms with Gasteiger partial charge in [-0.3, -0.25) is 4.79 Å². The average molecular weight is 324 g/mol. The minimum atomic E-state index is -0.171. The van der Waals surface area contributed by atoms with Crippen molar-refractivity contribution in [2.45, 2.75) is 33.7 Å². The van der Waals surface area contributed by atoms with E-state index in [-0.39, 0.29) is 5.91 Å². The van der Waals surface area contributed by atoms with E-state index in [0.717, 1.165) is 23.3 Å². The fourth-order valence-corrected chi connectivity index (χ4v) is 3.97. The smallest absolute Gasteiger partial charge is 0.279 e. The molecule has 4 heteroatoms. The predicted octanol–water partition coefficient (Wildman–Crippen LogP) is 4.33. The van der Waals surface area contributed by atoms with Gasteiger partial charge in [0.2, 0.25) is 0 Å². The van der Waals surface area contributed by atoms with Gasteiger partial charge < -0.3 is 4.57 Å². The lowest BCUT2D eigenvalue weighted by Crippen LogP contribution is -2.16. The van der Waals surface area contributed by atoms with E-state index in [4.69, 9.17) is 0 Å². The van der Waals surface area contributed by atoms with Gasteiger partial charge in [0.25, 0.3) is 5.91 Å². The van der Waals surface area contributed by atoms with E-state index in [0.29, 0.717) is 5.56 Å². The molecule has 0 saturated carbocycles. The monoisotopic (exact) mass is 324 g/mol. The van der Waals surface area contributed by atoms with Crippen molar-refractivity contribution < 1.29 is 4.79 Å². The van der Waals surface area contributed by atoms with E-state index >= 15 is 0 Å². The zero-order chi connectivity index (χ0) is 16.4. The maximum Gasteiger partial charge on any atom is 0.279 e. The van der Waals surface area contributed by atoms with Crippen molar-refractivity contribution in [3.63, 3.8) is 0 Å². The maximum absolute atomic E-state index is 12.6. The second kappa shape index (κ2) is 6.50. The van der Waals surface area contributed by atoms with Crippen molar-refractivity contribution >= 4 is 27.5 Å². The molecule has 0 unspecified atom stereocenters. The van der Waals surface area contributed by atoms with Crippen LogP contribution in [0.4, 0.5) is 0 Å². The van der Waals surface area contributed by atoms with E-state index < -0.39 is 0 Å². The van der Waals surface area contributed by atoms with E-state index in [1.165, 1.54) is 15.8 Å². The number of thiazole rings is 1. The van der Waals surface area contributed by atoms with E-state index in [1.54, 1.807) is 11.3 Å². The number of aromatic nitrogens is 1. The summed E-state index contributed by atoms with van der Waals surface area (Å²) in [7, 11) is 0. The molecule has 3 rings (SSSR count). The third-order valence-electron chi connectivity index (χ3n) is 4.05. The molecule has 0 radical (unpaired) electrons. The van der Waals surface area contributed by atoms with Gasteiger partial charge in [-0.15, -0.1) is 0 Å². The molecule has 1 aromatic heterocycles. The Bertz CT molecular complexity index is 934. The molecule has 0 N–H and O–H groups in total. The molecular weight excluding hydrogens is 304 g/mol. The van der Waals surface area contributed by atoms with Crippen LogP contribution in [0.25, 0.3) is 10.2 Å². The molecule has 0 fully saturated rings. The highest BCUT2D eigenvalue weighted by Crippen LogP contribution is 2.22. The van der Waals surface area contributed by atoms with Crippen LogP contribution in [0.2, 0.25) is 0 Å². The summed E-state index contributed by atoms with van der Waals surface area (Å²) in [4.78, 5) is 17.8. The van der Waals surface area contributed by atoms with Crippen LogP contribution in [0.5, 0.6) is 0 Å². The minimum absolute atomic E-state index is 0.171. The molecule has 0 aliphatic heterocycles. The number of fused-ring (bicyclic) bond motifs is 1. The topological polar surface area (TPSA) is 34.4 Å². The quantitative estimate of drug-likeness (QED) is 0.706. The van der Waals surface area contributed by atoms with Crippen molar-refractivity contribution in [2.24, 2.45) is 4.99 Å². The zero-order valence-electron chi connectivity index (χ0n) is 13.7. The Balaban J connectivity index is 2.20. The molecule has 1 heterocycles. The summed E-state index contributed by atoms with van der Waals surface area (Å²) in [5, 5.41) is 0. The molecule has 3 nitrogen and oxygen atoms in total. The van der Waals surface area contributed by atoms with Crippen LogP contribution < -0.4 is 4.80 Å². The molecule has 2 aromatic carbocycles. The highest BCUT2D eigenvalue weighted by molar-refractivity contribution is 7.16. The molecule has 1 amide bonds. The summed E-state index contributed by atoms with van der Waals surface area (Å²) in [6.45, 7) is 6.99. The van der Waals surface area contributed by atoms with Crippen molar-refractivity contribution in [1.29, 1.82) is 0 Å². The predicted molar refractivity (Wildman–Crippen MR) is 95.9 cm³/mol. The molecule has 0 aliphatic rings. The van der Waals surface area contributed by atoms with Gasteiger partial charge in [-0.25, -0.2) is 0 Å². The Morgan fingerprint density at radius 1 is 1.13 bits per heavy atom. The summed E-state index contributed by atoms with van der Waals surface area (Å²) >= 11 is 1.58. The largest absolute Gasteiger partial charge is 0.316 e. The fraction of sp³-hybridized carbons (Fsp3) is 0.263. The van der Waals surface area contributed by atoms with Gasteiger partial charge in [-0.05, 0) is 43.5 Å². The van der Waals surface area contributed by atoms with Gasteiger partial charge in [0.1, 0.15) is 0 Å². The second-order valence-corrected chi connectivity index (χ2v) is 6.49. The molecular formula is C19H20N2OS. The van der Waals surface area contributed by atoms with Crippen LogP contribution in [-0.2, 0) is 13.0 Å². The highest BCUT2D eigenvalue weighted by Gasteiger charge is 2.11. The Morgan fingerprint density at radius 3 is 2.61 bits per heavy atom. The van der Waals surface area contributed by atoms with E-state index in [9.17, 15) is 4.79 Å². The van der Waals surface area contributed by atoms with Gasteiger partial charge in [-0.1, -0.05) is 48.6 Å². The number of rotatable bonds is 3. The summed E-state index contributed by atoms with van der Waals surface area (Å²) < 4.78 is 3.33. The standard InChI is InChI=1S/C19H20N2OS/c1-4-14-10-8-12-16-17(14)21(5-2)19(23-16)20-18(22)15-11-7-6-9-13(15)3/h6-12H,4-5H2,1-3H3. The summed E-state index contributed by atoms with van der Waals surface area (Å²) in [6, 6.07) is 13.9. The lowest BCUT2D eigenvalue weighted by Gasteiger charge is -2.05. The van der Waals surface area contributed by atoms with Crippen LogP contribution in [0.1, 0.15) is 35.3 Å². The number of hydrogen-bond acceptors (Lipinski definition) is 2. The normalized spacial score (nSPS) is 12.0. The van der Waals surface area contributed by atoms with Gasteiger partial charge >= 0.3 is 0 Å². The average Bonchev–Trinajstić information content (AvgIpc) is 2.92. The molecule has 0 bridgehead atoms. The van der Waals surface area contributed by atoms with Crippen molar-refractivity contribution in [2.75, 3.05) is 0 Å². The maximum atomic E-state index is 12.6. The number of carbonyl (C=O) groups excluding carboxylic acids is 1. The lowest BCUT2D eigenvalue weighted by atomic mass is 10.1. The first-order valence-corrected chi connectivity index (χ1v) is 8.73. The third kappa shape index (κ3) is 2.86. The molecule has 0 atom stereocenters. The minimum Gasteiger partial charge on any atom is -0.316 e. The number of nitrogens with zero attached hydrogens (tertiary/aromatic N) is 2. The van der Waals surface area contributed by atoms with E-state index in [2.05, 4.69) is 41.6 Å². The van der Waals surface area contributed by atoms with Crippen LogP contribution >= 0.6 is 11.3 Å². The van der Waals surface area contributed by atoms with Gasteiger partial charge in [-0.2, -0.15) is 4.99 Å². The molecule has 0 aliphatic carbocycles. The van der Waals surface area contributed by atoms with Crippen molar-refractivity contribution in [3.8, 4) is 0 Å². The zero-order valence-corrected chi connectivity index (χ0v) is 14.5. The fourth-order valence-electron chi connectivity index (χ4n) is 2.83. The lowest BCUT2D eigenvalue weighted by molar-refractivity contribution is 0.0997.